The molecule has 0 amide bonds. The van der Waals surface area contributed by atoms with Crippen LogP contribution in [0.2, 0.25) is 5.02 Å². The highest BCUT2D eigenvalue weighted by Gasteiger charge is 2.39. The quantitative estimate of drug-likeness (QED) is 0.420. The number of carbonyl (C=O) groups excluding carboxylic acids is 1. The van der Waals surface area contributed by atoms with Crippen molar-refractivity contribution in [1.82, 2.24) is 9.55 Å². The van der Waals surface area contributed by atoms with Gasteiger partial charge in [0, 0.05) is 11.8 Å². The molecule has 0 spiro atoms. The van der Waals surface area contributed by atoms with Gasteiger partial charge in [0.15, 0.2) is 5.82 Å². The highest BCUT2D eigenvalue weighted by Crippen LogP contribution is 2.39. The van der Waals surface area contributed by atoms with Crippen molar-refractivity contribution in [2.24, 2.45) is 0 Å². The van der Waals surface area contributed by atoms with E-state index < -0.39 is 34.3 Å². The monoisotopic (exact) mass is 465 g/mol. The van der Waals surface area contributed by atoms with E-state index in [0.29, 0.717) is 23.0 Å². The van der Waals surface area contributed by atoms with Gasteiger partial charge in [0.2, 0.25) is 0 Å². The lowest BCUT2D eigenvalue weighted by atomic mass is 9.95. The molecule has 2 aromatic carbocycles. The van der Waals surface area contributed by atoms with Crippen molar-refractivity contribution in [1.29, 1.82) is 0 Å². The number of alkyl halides is 3. The lowest BCUT2D eigenvalue weighted by Crippen LogP contribution is -2.24. The Kier molecular flexibility index (Phi) is 6.50. The van der Waals surface area contributed by atoms with Crippen LogP contribution in [0.1, 0.15) is 33.0 Å². The zero-order valence-corrected chi connectivity index (χ0v) is 17.3. The SMILES string of the molecule is Cc1cc(/C=C/C(c2cc(Cl)c(F)c(-n3ccc(N)nc3=O)c2)C(F)(F)F)ccc1C=O. The summed E-state index contributed by atoms with van der Waals surface area (Å²) in [5.41, 5.74) is 5.05. The van der Waals surface area contributed by atoms with Crippen LogP contribution >= 0.6 is 11.6 Å². The fourth-order valence-electron chi connectivity index (χ4n) is 3.10. The summed E-state index contributed by atoms with van der Waals surface area (Å²) in [7, 11) is 0. The molecule has 32 heavy (non-hydrogen) atoms. The van der Waals surface area contributed by atoms with Gasteiger partial charge in [0.25, 0.3) is 0 Å². The molecule has 1 unspecified atom stereocenters. The molecule has 5 nitrogen and oxygen atoms in total. The summed E-state index contributed by atoms with van der Waals surface area (Å²) in [5, 5.41) is -0.588. The lowest BCUT2D eigenvalue weighted by molar-refractivity contribution is -0.139. The van der Waals surface area contributed by atoms with Crippen molar-refractivity contribution in [3.05, 3.63) is 92.2 Å². The Morgan fingerprint density at radius 1 is 1.19 bits per heavy atom. The molecular weight excluding hydrogens is 450 g/mol. The topological polar surface area (TPSA) is 78.0 Å². The first-order valence-electron chi connectivity index (χ1n) is 9.16. The van der Waals surface area contributed by atoms with Crippen LogP contribution in [0.25, 0.3) is 11.8 Å². The van der Waals surface area contributed by atoms with Gasteiger partial charge in [-0.2, -0.15) is 18.2 Å². The Morgan fingerprint density at radius 2 is 1.91 bits per heavy atom. The Balaban J connectivity index is 2.11. The molecule has 1 atom stereocenters. The summed E-state index contributed by atoms with van der Waals surface area (Å²) in [6, 6.07) is 7.52. The molecule has 0 aliphatic rings. The van der Waals surface area contributed by atoms with Crippen LogP contribution in [0.4, 0.5) is 23.4 Å². The molecule has 0 bridgehead atoms. The number of hydrogen-bond acceptors (Lipinski definition) is 4. The molecular formula is C22H16ClF4N3O2. The predicted octanol–water partition coefficient (Wildman–Crippen LogP) is 5.09. The van der Waals surface area contributed by atoms with Crippen molar-refractivity contribution < 1.29 is 22.4 Å². The second-order valence-corrected chi connectivity index (χ2v) is 7.36. The molecule has 10 heteroatoms. The molecule has 0 saturated heterocycles. The fourth-order valence-corrected chi connectivity index (χ4v) is 3.32. The lowest BCUT2D eigenvalue weighted by Gasteiger charge is -2.19. The summed E-state index contributed by atoms with van der Waals surface area (Å²) in [6.45, 7) is 1.66. The third kappa shape index (κ3) is 4.88. The number of nitrogen functional groups attached to an aromatic ring is 1. The Hall–Kier alpha value is -3.46. The van der Waals surface area contributed by atoms with E-state index in [1.54, 1.807) is 13.0 Å². The van der Waals surface area contributed by atoms with Gasteiger partial charge in [-0.15, -0.1) is 0 Å². The van der Waals surface area contributed by atoms with Crippen molar-refractivity contribution in [2.45, 2.75) is 19.0 Å². The van der Waals surface area contributed by atoms with E-state index >= 15 is 0 Å². The summed E-state index contributed by atoms with van der Waals surface area (Å²) >= 11 is 5.86. The Morgan fingerprint density at radius 3 is 2.50 bits per heavy atom. The molecule has 0 radical (unpaired) electrons. The highest BCUT2D eigenvalue weighted by molar-refractivity contribution is 6.31. The van der Waals surface area contributed by atoms with E-state index in [2.05, 4.69) is 4.98 Å². The van der Waals surface area contributed by atoms with Crippen LogP contribution in [0.3, 0.4) is 0 Å². The summed E-state index contributed by atoms with van der Waals surface area (Å²) in [6.07, 6.45) is -0.853. The number of nitrogens with two attached hydrogens (primary N) is 1. The van der Waals surface area contributed by atoms with Crippen LogP contribution < -0.4 is 11.4 Å². The first-order valence-corrected chi connectivity index (χ1v) is 9.54. The zero-order chi connectivity index (χ0) is 23.6. The largest absolute Gasteiger partial charge is 0.399 e. The Bertz CT molecular complexity index is 1270. The van der Waals surface area contributed by atoms with Crippen LogP contribution in [-0.4, -0.2) is 22.0 Å². The van der Waals surface area contributed by atoms with Crippen LogP contribution in [0.5, 0.6) is 0 Å². The average molecular weight is 466 g/mol. The molecule has 166 valence electrons. The molecule has 2 N–H and O–H groups in total. The van der Waals surface area contributed by atoms with E-state index in [1.165, 1.54) is 24.3 Å². The summed E-state index contributed by atoms with van der Waals surface area (Å²) in [5.74, 6) is -3.35. The van der Waals surface area contributed by atoms with E-state index in [4.69, 9.17) is 17.3 Å². The van der Waals surface area contributed by atoms with Crippen molar-refractivity contribution in [3.63, 3.8) is 0 Å². The van der Waals surface area contributed by atoms with Crippen molar-refractivity contribution in [2.75, 3.05) is 5.73 Å². The normalized spacial score (nSPS) is 12.8. The van der Waals surface area contributed by atoms with E-state index in [9.17, 15) is 27.2 Å². The Labute approximate surface area is 184 Å². The number of aryl methyl sites for hydroxylation is 1. The van der Waals surface area contributed by atoms with Gasteiger partial charge < -0.3 is 5.73 Å². The van der Waals surface area contributed by atoms with Gasteiger partial charge in [0.1, 0.15) is 12.1 Å². The number of benzene rings is 2. The third-order valence-electron chi connectivity index (χ3n) is 4.73. The summed E-state index contributed by atoms with van der Waals surface area (Å²) in [4.78, 5) is 26.5. The van der Waals surface area contributed by atoms with Crippen LogP contribution in [0, 0.1) is 12.7 Å². The maximum absolute atomic E-state index is 14.6. The molecule has 0 saturated carbocycles. The number of halogens is 5. The molecule has 1 heterocycles. The van der Waals surface area contributed by atoms with Gasteiger partial charge in [0.05, 0.1) is 16.6 Å². The van der Waals surface area contributed by atoms with Gasteiger partial charge >= 0.3 is 11.9 Å². The smallest absolute Gasteiger partial charge is 0.383 e. The molecule has 0 aliphatic carbocycles. The second-order valence-electron chi connectivity index (χ2n) is 6.95. The minimum absolute atomic E-state index is 0.124. The third-order valence-corrected chi connectivity index (χ3v) is 5.00. The van der Waals surface area contributed by atoms with E-state index in [0.717, 1.165) is 29.0 Å². The maximum atomic E-state index is 14.6. The number of nitrogens with zero attached hydrogens (tertiary/aromatic N) is 2. The molecule has 0 aliphatic heterocycles. The first kappa shape index (κ1) is 23.2. The predicted molar refractivity (Wildman–Crippen MR) is 114 cm³/mol. The van der Waals surface area contributed by atoms with Gasteiger partial charge in [-0.1, -0.05) is 42.0 Å². The van der Waals surface area contributed by atoms with Crippen LogP contribution in [-0.2, 0) is 0 Å². The highest BCUT2D eigenvalue weighted by atomic mass is 35.5. The van der Waals surface area contributed by atoms with Crippen molar-refractivity contribution in [3.8, 4) is 5.69 Å². The fraction of sp³-hybridized carbons (Fsp3) is 0.136. The number of aldehydes is 1. The van der Waals surface area contributed by atoms with Gasteiger partial charge in [-0.05, 0) is 41.8 Å². The molecule has 0 fully saturated rings. The standard InChI is InChI=1S/C22H16ClF4N3O2/c1-12-8-13(2-4-14(12)11-31)3-5-16(22(25,26)27)15-9-17(23)20(24)18(10-15)30-7-6-19(28)29-21(30)32/h2-11,16H,1H3,(H2,28,29,32)/b5-3+. The maximum Gasteiger partial charge on any atom is 0.399 e. The first-order chi connectivity index (χ1) is 15.0. The number of anilines is 1. The second kappa shape index (κ2) is 8.96. The number of rotatable bonds is 5. The average Bonchev–Trinajstić information content (AvgIpc) is 2.70. The molecule has 3 aromatic rings. The van der Waals surface area contributed by atoms with Crippen LogP contribution in [0.15, 0.2) is 53.5 Å². The number of allylic oxidation sites excluding steroid dienone is 1. The molecule has 3 rings (SSSR count). The van der Waals surface area contributed by atoms with Gasteiger partial charge in [-0.3, -0.25) is 9.36 Å². The summed E-state index contributed by atoms with van der Waals surface area (Å²) < 4.78 is 56.9. The number of hydrogen-bond donors (Lipinski definition) is 1. The zero-order valence-electron chi connectivity index (χ0n) is 16.5. The van der Waals surface area contributed by atoms with E-state index in [1.807, 2.05) is 0 Å². The van der Waals surface area contributed by atoms with E-state index in [-0.39, 0.29) is 11.4 Å². The molecule has 1 aromatic heterocycles. The van der Waals surface area contributed by atoms with Crippen molar-refractivity contribution >= 4 is 29.8 Å². The minimum atomic E-state index is -4.74. The minimum Gasteiger partial charge on any atom is -0.383 e. The van der Waals surface area contributed by atoms with Gasteiger partial charge in [-0.25, -0.2) is 9.18 Å². The number of carbonyl (C=O) groups is 1. The number of aromatic nitrogens is 2.